The maximum absolute atomic E-state index is 8.95. The van der Waals surface area contributed by atoms with Gasteiger partial charge in [0.25, 0.3) is 0 Å². The molecule has 10 heavy (non-hydrogen) atoms. The van der Waals surface area contributed by atoms with E-state index in [0.29, 0.717) is 6.61 Å². The van der Waals surface area contributed by atoms with E-state index in [9.17, 15) is 0 Å². The van der Waals surface area contributed by atoms with Gasteiger partial charge in [-0.25, -0.2) is 0 Å². The second-order valence-electron chi connectivity index (χ2n) is 3.53. The fourth-order valence-electron chi connectivity index (χ4n) is 1.56. The number of aliphatic hydroxyl groups excluding tert-OH is 1. The summed E-state index contributed by atoms with van der Waals surface area (Å²) in [7, 11) is 0. The van der Waals surface area contributed by atoms with Crippen molar-refractivity contribution in [2.24, 2.45) is 5.41 Å². The first kappa shape index (κ1) is 9.92. The minimum Gasteiger partial charge on any atom is -0.396 e. The van der Waals surface area contributed by atoms with Crippen molar-refractivity contribution in [3.05, 3.63) is 0 Å². The number of hydrogen-bond acceptors (Lipinski definition) is 2. The van der Waals surface area contributed by atoms with Gasteiger partial charge in [0.1, 0.15) is 0 Å². The molecule has 1 aliphatic rings. The van der Waals surface area contributed by atoms with Gasteiger partial charge < -0.3 is 11.3 Å². The van der Waals surface area contributed by atoms with E-state index in [1.807, 2.05) is 0 Å². The molecule has 0 bridgehead atoms. The monoisotopic (exact) mass is 145 g/mol. The zero-order chi connectivity index (χ0) is 6.74. The normalized spacial score (nSPS) is 23.4. The van der Waals surface area contributed by atoms with E-state index in [2.05, 4.69) is 6.92 Å². The van der Waals surface area contributed by atoms with Crippen LogP contribution in [0.15, 0.2) is 0 Å². The number of rotatable bonds is 1. The van der Waals surface area contributed by atoms with Crippen LogP contribution >= 0.6 is 0 Å². The molecule has 0 aromatic rings. The Labute approximate surface area is 63.2 Å². The Morgan fingerprint density at radius 2 is 1.70 bits per heavy atom. The van der Waals surface area contributed by atoms with Crippen molar-refractivity contribution in [2.75, 3.05) is 6.61 Å². The van der Waals surface area contributed by atoms with Crippen molar-refractivity contribution in [1.82, 2.24) is 6.15 Å². The fourth-order valence-corrected chi connectivity index (χ4v) is 1.56. The highest BCUT2D eigenvalue weighted by Gasteiger charge is 2.25. The third-order valence-electron chi connectivity index (χ3n) is 2.44. The first-order valence-corrected chi connectivity index (χ1v) is 3.88. The SMILES string of the molecule is CC1(CO)CCCCC1.N. The minimum atomic E-state index is 0. The lowest BCUT2D eigenvalue weighted by Gasteiger charge is -2.31. The molecule has 2 heteroatoms. The predicted octanol–water partition coefficient (Wildman–Crippen LogP) is 2.11. The average Bonchev–Trinajstić information content (AvgIpc) is 1.90. The van der Waals surface area contributed by atoms with E-state index in [1.54, 1.807) is 0 Å². The van der Waals surface area contributed by atoms with Gasteiger partial charge in [0.2, 0.25) is 0 Å². The summed E-state index contributed by atoms with van der Waals surface area (Å²) in [6.45, 7) is 2.57. The highest BCUT2D eigenvalue weighted by molar-refractivity contribution is 4.76. The van der Waals surface area contributed by atoms with E-state index in [-0.39, 0.29) is 11.6 Å². The van der Waals surface area contributed by atoms with Crippen LogP contribution in [0, 0.1) is 5.41 Å². The third-order valence-corrected chi connectivity index (χ3v) is 2.44. The van der Waals surface area contributed by atoms with Crippen molar-refractivity contribution in [3.8, 4) is 0 Å². The van der Waals surface area contributed by atoms with Crippen LogP contribution in [0.3, 0.4) is 0 Å². The molecule has 2 nitrogen and oxygen atoms in total. The Balaban J connectivity index is 0.000000810. The van der Waals surface area contributed by atoms with E-state index in [0.717, 1.165) is 0 Å². The summed E-state index contributed by atoms with van der Waals surface area (Å²) >= 11 is 0. The Hall–Kier alpha value is -0.0800. The quantitative estimate of drug-likeness (QED) is 0.593. The Morgan fingerprint density at radius 3 is 2.00 bits per heavy atom. The molecule has 0 radical (unpaired) electrons. The van der Waals surface area contributed by atoms with Gasteiger partial charge in [0.05, 0.1) is 0 Å². The van der Waals surface area contributed by atoms with E-state index in [4.69, 9.17) is 5.11 Å². The Morgan fingerprint density at radius 1 is 1.20 bits per heavy atom. The molecule has 1 fully saturated rings. The third kappa shape index (κ3) is 2.27. The first-order valence-electron chi connectivity index (χ1n) is 3.88. The van der Waals surface area contributed by atoms with Gasteiger partial charge in [-0.2, -0.15) is 0 Å². The van der Waals surface area contributed by atoms with Gasteiger partial charge in [-0.15, -0.1) is 0 Å². The lowest BCUT2D eigenvalue weighted by molar-refractivity contribution is 0.100. The zero-order valence-corrected chi connectivity index (χ0v) is 6.90. The maximum Gasteiger partial charge on any atom is 0.0484 e. The van der Waals surface area contributed by atoms with Crippen LogP contribution in [-0.2, 0) is 0 Å². The van der Waals surface area contributed by atoms with Gasteiger partial charge in [-0.05, 0) is 18.3 Å². The standard InChI is InChI=1S/C8H16O.H3N/c1-8(7-9)5-3-2-4-6-8;/h9H,2-7H2,1H3;1H3. The van der Waals surface area contributed by atoms with Crippen LogP contribution in [0.5, 0.6) is 0 Å². The van der Waals surface area contributed by atoms with Crippen LogP contribution in [0.2, 0.25) is 0 Å². The maximum atomic E-state index is 8.95. The highest BCUT2D eigenvalue weighted by Crippen LogP contribution is 2.34. The summed E-state index contributed by atoms with van der Waals surface area (Å²) < 4.78 is 0. The van der Waals surface area contributed by atoms with Crippen LogP contribution in [-0.4, -0.2) is 11.7 Å². The molecule has 0 atom stereocenters. The Bertz CT molecular complexity index is 87.3. The van der Waals surface area contributed by atoms with Crippen molar-refractivity contribution in [3.63, 3.8) is 0 Å². The molecule has 0 saturated heterocycles. The lowest BCUT2D eigenvalue weighted by Crippen LogP contribution is -2.23. The van der Waals surface area contributed by atoms with E-state index in [1.165, 1.54) is 32.1 Å². The van der Waals surface area contributed by atoms with Crippen LogP contribution in [0.25, 0.3) is 0 Å². The summed E-state index contributed by atoms with van der Waals surface area (Å²) in [4.78, 5) is 0. The van der Waals surface area contributed by atoms with Crippen molar-refractivity contribution in [1.29, 1.82) is 0 Å². The first-order chi connectivity index (χ1) is 4.27. The van der Waals surface area contributed by atoms with Crippen molar-refractivity contribution in [2.45, 2.75) is 39.0 Å². The molecule has 0 heterocycles. The summed E-state index contributed by atoms with van der Waals surface area (Å²) in [6, 6.07) is 0. The molecule has 62 valence electrons. The number of hydrogen-bond donors (Lipinski definition) is 2. The molecule has 0 amide bonds. The summed E-state index contributed by atoms with van der Waals surface area (Å²) in [5.74, 6) is 0. The molecule has 0 aromatic carbocycles. The lowest BCUT2D eigenvalue weighted by atomic mass is 9.76. The molecule has 0 spiro atoms. The molecular weight excluding hydrogens is 126 g/mol. The average molecular weight is 145 g/mol. The van der Waals surface area contributed by atoms with Gasteiger partial charge in [0, 0.05) is 6.61 Å². The molecule has 0 unspecified atom stereocenters. The van der Waals surface area contributed by atoms with E-state index < -0.39 is 0 Å². The van der Waals surface area contributed by atoms with Gasteiger partial charge in [-0.1, -0.05) is 26.2 Å². The largest absolute Gasteiger partial charge is 0.396 e. The summed E-state index contributed by atoms with van der Waals surface area (Å²) in [6.07, 6.45) is 6.46. The second kappa shape index (κ2) is 3.94. The van der Waals surface area contributed by atoms with Gasteiger partial charge in [0.15, 0.2) is 0 Å². The topological polar surface area (TPSA) is 55.2 Å². The molecule has 1 saturated carbocycles. The molecule has 0 aliphatic heterocycles. The second-order valence-corrected chi connectivity index (χ2v) is 3.53. The van der Waals surface area contributed by atoms with Crippen LogP contribution in [0.4, 0.5) is 0 Å². The molecule has 4 N–H and O–H groups in total. The molecule has 1 rings (SSSR count). The Kier molecular flexibility index (Phi) is 3.91. The fraction of sp³-hybridized carbons (Fsp3) is 1.00. The summed E-state index contributed by atoms with van der Waals surface area (Å²) in [5.41, 5.74) is 0.276. The van der Waals surface area contributed by atoms with Gasteiger partial charge >= 0.3 is 0 Å². The zero-order valence-electron chi connectivity index (χ0n) is 6.90. The van der Waals surface area contributed by atoms with E-state index >= 15 is 0 Å². The minimum absolute atomic E-state index is 0. The smallest absolute Gasteiger partial charge is 0.0484 e. The number of aliphatic hydroxyl groups is 1. The van der Waals surface area contributed by atoms with Crippen LogP contribution < -0.4 is 6.15 Å². The summed E-state index contributed by atoms with van der Waals surface area (Å²) in [5, 5.41) is 8.95. The van der Waals surface area contributed by atoms with Crippen molar-refractivity contribution < 1.29 is 5.11 Å². The highest BCUT2D eigenvalue weighted by atomic mass is 16.3. The van der Waals surface area contributed by atoms with Gasteiger partial charge in [-0.3, -0.25) is 0 Å². The molecular formula is C8H19NO. The molecule has 1 aliphatic carbocycles. The molecule has 0 aromatic heterocycles. The van der Waals surface area contributed by atoms with Crippen LogP contribution in [0.1, 0.15) is 39.0 Å². The predicted molar refractivity (Wildman–Crippen MR) is 43.3 cm³/mol. The van der Waals surface area contributed by atoms with Crippen molar-refractivity contribution >= 4 is 0 Å².